The largest absolute Gasteiger partial charge is 0.389 e. The van der Waals surface area contributed by atoms with Gasteiger partial charge in [-0.3, -0.25) is 0 Å². The predicted molar refractivity (Wildman–Crippen MR) is 128 cm³/mol. The number of halogens is 2. The van der Waals surface area contributed by atoms with Crippen LogP contribution in [0.4, 0.5) is 16.3 Å². The molecular formula is C23H28ClFN6O3. The molecule has 2 aliphatic heterocycles. The van der Waals surface area contributed by atoms with Crippen LogP contribution < -0.4 is 10.2 Å². The first-order chi connectivity index (χ1) is 16.4. The maximum Gasteiger partial charge on any atom is 0.223 e. The van der Waals surface area contributed by atoms with Crippen LogP contribution in [0.3, 0.4) is 0 Å². The number of aromatic nitrogens is 4. The van der Waals surface area contributed by atoms with Crippen LogP contribution in [0.25, 0.3) is 22.3 Å². The number of benzene rings is 1. The smallest absolute Gasteiger partial charge is 0.223 e. The van der Waals surface area contributed by atoms with E-state index >= 15 is 4.39 Å². The van der Waals surface area contributed by atoms with Gasteiger partial charge in [0.05, 0.1) is 54.4 Å². The van der Waals surface area contributed by atoms with Gasteiger partial charge in [0.15, 0.2) is 5.82 Å². The van der Waals surface area contributed by atoms with Crippen molar-refractivity contribution in [2.24, 2.45) is 0 Å². The van der Waals surface area contributed by atoms with Gasteiger partial charge in [-0.05, 0) is 32.4 Å². The van der Waals surface area contributed by atoms with E-state index in [9.17, 15) is 5.11 Å². The van der Waals surface area contributed by atoms with Crippen molar-refractivity contribution in [1.82, 2.24) is 19.5 Å². The first-order valence-corrected chi connectivity index (χ1v) is 11.9. The lowest BCUT2D eigenvalue weighted by Crippen LogP contribution is -2.42. The molecule has 0 aliphatic carbocycles. The number of imidazole rings is 1. The molecule has 2 atom stereocenters. The Morgan fingerprint density at radius 3 is 2.71 bits per heavy atom. The number of rotatable bonds is 5. The second-order valence-electron chi connectivity index (χ2n) is 8.87. The van der Waals surface area contributed by atoms with Crippen LogP contribution in [0.2, 0.25) is 5.02 Å². The third-order valence-electron chi connectivity index (χ3n) is 6.20. The van der Waals surface area contributed by atoms with Crippen molar-refractivity contribution < 1.29 is 19.0 Å². The minimum absolute atomic E-state index is 0.0607. The zero-order chi connectivity index (χ0) is 23.8. The summed E-state index contributed by atoms with van der Waals surface area (Å²) >= 11 is 6.45. The van der Waals surface area contributed by atoms with Crippen LogP contribution >= 0.6 is 11.6 Å². The van der Waals surface area contributed by atoms with E-state index in [2.05, 4.69) is 39.0 Å². The van der Waals surface area contributed by atoms with Crippen molar-refractivity contribution in [1.29, 1.82) is 0 Å². The highest BCUT2D eigenvalue weighted by atomic mass is 35.5. The van der Waals surface area contributed by atoms with Gasteiger partial charge in [-0.2, -0.15) is 0 Å². The van der Waals surface area contributed by atoms with Crippen LogP contribution in [0.5, 0.6) is 0 Å². The Balaban J connectivity index is 1.55. The first kappa shape index (κ1) is 23.2. The van der Waals surface area contributed by atoms with Gasteiger partial charge in [-0.25, -0.2) is 19.3 Å². The molecule has 2 fully saturated rings. The molecule has 5 rings (SSSR count). The Morgan fingerprint density at radius 1 is 1.18 bits per heavy atom. The van der Waals surface area contributed by atoms with E-state index in [0.29, 0.717) is 72.6 Å². The fraction of sp³-hybridized carbons (Fsp3) is 0.522. The molecule has 1 aromatic carbocycles. The number of morpholine rings is 1. The van der Waals surface area contributed by atoms with Gasteiger partial charge in [0.1, 0.15) is 5.52 Å². The van der Waals surface area contributed by atoms with Crippen molar-refractivity contribution >= 4 is 34.5 Å². The SMILES string of the molecule is CC(C)n1c(N2CCOCC2)nc2c(F)cc(-c3nc(N[C@@H]4CCOC[C@H]4O)ncc3Cl)cc21. The second kappa shape index (κ2) is 9.61. The fourth-order valence-corrected chi connectivity index (χ4v) is 4.67. The highest BCUT2D eigenvalue weighted by Crippen LogP contribution is 2.34. The number of ether oxygens (including phenoxy) is 2. The molecule has 2 aliphatic rings. The lowest BCUT2D eigenvalue weighted by atomic mass is 10.1. The molecule has 3 aromatic rings. The molecule has 2 aromatic heterocycles. The molecule has 4 heterocycles. The molecule has 0 radical (unpaired) electrons. The van der Waals surface area contributed by atoms with E-state index in [0.717, 1.165) is 5.95 Å². The van der Waals surface area contributed by atoms with Crippen LogP contribution in [0, 0.1) is 5.82 Å². The first-order valence-electron chi connectivity index (χ1n) is 11.5. The fourth-order valence-electron chi connectivity index (χ4n) is 4.47. The summed E-state index contributed by atoms with van der Waals surface area (Å²) in [6.07, 6.45) is 1.45. The number of anilines is 2. The summed E-state index contributed by atoms with van der Waals surface area (Å²) in [5.41, 5.74) is 1.93. The molecule has 182 valence electrons. The topological polar surface area (TPSA) is 97.6 Å². The highest BCUT2D eigenvalue weighted by Gasteiger charge is 2.26. The second-order valence-corrected chi connectivity index (χ2v) is 9.28. The Hall–Kier alpha value is -2.53. The Bertz CT molecular complexity index is 1180. The monoisotopic (exact) mass is 490 g/mol. The molecular weight excluding hydrogens is 463 g/mol. The van der Waals surface area contributed by atoms with E-state index in [4.69, 9.17) is 21.1 Å². The summed E-state index contributed by atoms with van der Waals surface area (Å²) in [4.78, 5) is 15.6. The van der Waals surface area contributed by atoms with E-state index in [1.165, 1.54) is 12.3 Å². The summed E-state index contributed by atoms with van der Waals surface area (Å²) in [6.45, 7) is 7.53. The zero-order valence-corrected chi connectivity index (χ0v) is 19.9. The minimum atomic E-state index is -0.663. The molecule has 0 saturated carbocycles. The van der Waals surface area contributed by atoms with E-state index in [1.54, 1.807) is 0 Å². The average Bonchev–Trinajstić information content (AvgIpc) is 3.23. The summed E-state index contributed by atoms with van der Waals surface area (Å²) in [5.74, 6) is 0.608. The maximum atomic E-state index is 15.3. The van der Waals surface area contributed by atoms with Gasteiger partial charge in [0, 0.05) is 31.3 Å². The average molecular weight is 491 g/mol. The summed E-state index contributed by atoms with van der Waals surface area (Å²) in [7, 11) is 0. The van der Waals surface area contributed by atoms with Crippen LogP contribution in [0.15, 0.2) is 18.3 Å². The van der Waals surface area contributed by atoms with Gasteiger partial charge in [-0.1, -0.05) is 11.6 Å². The molecule has 2 saturated heterocycles. The Morgan fingerprint density at radius 2 is 1.97 bits per heavy atom. The number of fused-ring (bicyclic) bond motifs is 1. The third-order valence-corrected chi connectivity index (χ3v) is 6.48. The van der Waals surface area contributed by atoms with Gasteiger partial charge in [0.25, 0.3) is 0 Å². The quantitative estimate of drug-likeness (QED) is 0.562. The third kappa shape index (κ3) is 4.43. The molecule has 0 amide bonds. The van der Waals surface area contributed by atoms with Crippen molar-refractivity contribution in [3.05, 3.63) is 29.2 Å². The number of hydrogen-bond acceptors (Lipinski definition) is 8. The zero-order valence-electron chi connectivity index (χ0n) is 19.2. The van der Waals surface area contributed by atoms with Gasteiger partial charge < -0.3 is 29.4 Å². The summed E-state index contributed by atoms with van der Waals surface area (Å²) < 4.78 is 28.1. The lowest BCUT2D eigenvalue weighted by molar-refractivity contribution is -0.0136. The van der Waals surface area contributed by atoms with E-state index in [-0.39, 0.29) is 18.7 Å². The van der Waals surface area contributed by atoms with Gasteiger partial charge in [0.2, 0.25) is 11.9 Å². The minimum Gasteiger partial charge on any atom is -0.389 e. The van der Waals surface area contributed by atoms with Crippen LogP contribution in [0.1, 0.15) is 26.3 Å². The maximum absolute atomic E-state index is 15.3. The molecule has 0 bridgehead atoms. The Kier molecular flexibility index (Phi) is 6.57. The van der Waals surface area contributed by atoms with Gasteiger partial charge >= 0.3 is 0 Å². The number of aliphatic hydroxyl groups is 1. The van der Waals surface area contributed by atoms with Crippen molar-refractivity contribution in [2.45, 2.75) is 38.5 Å². The van der Waals surface area contributed by atoms with Crippen LogP contribution in [-0.4, -0.2) is 76.3 Å². The van der Waals surface area contributed by atoms with E-state index < -0.39 is 11.9 Å². The molecule has 0 unspecified atom stereocenters. The molecule has 11 heteroatoms. The molecule has 2 N–H and O–H groups in total. The van der Waals surface area contributed by atoms with Crippen molar-refractivity contribution in [3.63, 3.8) is 0 Å². The highest BCUT2D eigenvalue weighted by molar-refractivity contribution is 6.33. The number of nitrogens with one attached hydrogen (secondary N) is 1. The Labute approximate surface area is 201 Å². The number of aliphatic hydroxyl groups excluding tert-OH is 1. The van der Waals surface area contributed by atoms with E-state index in [1.807, 2.05) is 10.6 Å². The number of nitrogens with zero attached hydrogens (tertiary/aromatic N) is 5. The molecule has 9 nitrogen and oxygen atoms in total. The standard InChI is InChI=1S/C23H28ClFN6O3/c1-13(2)31-18-10-14(9-16(25)21(18)29-23(31)30-4-7-33-8-5-30)20-15(24)11-26-22(28-20)27-17-3-6-34-12-19(17)32/h9-11,13,17,19,32H,3-8,12H2,1-2H3,(H,26,27,28)/t17-,19-/m1/s1. The van der Waals surface area contributed by atoms with Crippen LogP contribution in [-0.2, 0) is 9.47 Å². The lowest BCUT2D eigenvalue weighted by Gasteiger charge is -2.29. The van der Waals surface area contributed by atoms with Crippen molar-refractivity contribution in [2.75, 3.05) is 49.7 Å². The molecule has 34 heavy (non-hydrogen) atoms. The van der Waals surface area contributed by atoms with Crippen molar-refractivity contribution in [3.8, 4) is 11.3 Å². The summed E-state index contributed by atoms with van der Waals surface area (Å²) in [6, 6.07) is 3.10. The molecule has 0 spiro atoms. The summed E-state index contributed by atoms with van der Waals surface area (Å²) in [5, 5.41) is 13.6. The number of hydrogen-bond donors (Lipinski definition) is 2. The van der Waals surface area contributed by atoms with Gasteiger partial charge in [-0.15, -0.1) is 0 Å². The normalized spacial score (nSPS) is 21.4. The predicted octanol–water partition coefficient (Wildman–Crippen LogP) is 3.27.